The van der Waals surface area contributed by atoms with Crippen LogP contribution in [0.4, 0.5) is 11.9 Å². The van der Waals surface area contributed by atoms with E-state index in [0.717, 1.165) is 69.1 Å². The summed E-state index contributed by atoms with van der Waals surface area (Å²) in [6.45, 7) is 37.7. The van der Waals surface area contributed by atoms with Gasteiger partial charge in [0.1, 0.15) is 5.82 Å². The molecule has 0 N–H and O–H groups in total. The molecule has 0 amide bonds. The maximum Gasteiger partial charge on any atom is 0.230 e. The first-order chi connectivity index (χ1) is 29.0. The van der Waals surface area contributed by atoms with Crippen LogP contribution in [0.5, 0.6) is 0 Å². The summed E-state index contributed by atoms with van der Waals surface area (Å²) >= 11 is 0. The summed E-state index contributed by atoms with van der Waals surface area (Å²) in [5.74, 6) is 2.20. The van der Waals surface area contributed by atoms with E-state index >= 15 is 0 Å². The quantitative estimate of drug-likeness (QED) is 0.224. The Bertz CT molecular complexity index is 1510. The fraction of sp³-hybridized carbons (Fsp3) is 0.939. The largest absolute Gasteiger partial charge is 0.381 e. The summed E-state index contributed by atoms with van der Waals surface area (Å²) in [5.41, 5.74) is -0.147. The third-order valence-electron chi connectivity index (χ3n) is 14.5. The maximum absolute atomic E-state index is 5.80. The van der Waals surface area contributed by atoms with Gasteiger partial charge < -0.3 is 38.8 Å². The number of methoxy groups -OCH3 is 1. The van der Waals surface area contributed by atoms with Gasteiger partial charge in [0.05, 0.1) is 34.5 Å². The van der Waals surface area contributed by atoms with Crippen molar-refractivity contribution in [2.24, 2.45) is 0 Å². The van der Waals surface area contributed by atoms with Gasteiger partial charge in [0.2, 0.25) is 11.9 Å². The molecule has 0 aliphatic carbocycles. The van der Waals surface area contributed by atoms with Crippen molar-refractivity contribution in [2.45, 2.75) is 238 Å². The number of rotatable bonds is 10. The fourth-order valence-corrected chi connectivity index (χ4v) is 13.0. The van der Waals surface area contributed by atoms with Crippen molar-refractivity contribution in [2.75, 3.05) is 73.5 Å². The lowest BCUT2D eigenvalue weighted by atomic mass is 9.78. The van der Waals surface area contributed by atoms with Crippen LogP contribution in [0.15, 0.2) is 0 Å². The van der Waals surface area contributed by atoms with Crippen molar-refractivity contribution in [1.29, 1.82) is 0 Å². The average molecular weight is 907 g/mol. The summed E-state index contributed by atoms with van der Waals surface area (Å²) < 4.78 is 5.47. The number of anilines is 2. The van der Waals surface area contributed by atoms with Crippen LogP contribution in [0.25, 0.3) is 0 Å². The van der Waals surface area contributed by atoms with Gasteiger partial charge in [-0.1, -0.05) is 0 Å². The molecule has 0 aromatic carbocycles. The number of ether oxygens (including phenoxy) is 1. The molecule has 0 saturated carbocycles. The van der Waals surface area contributed by atoms with E-state index in [4.69, 9.17) is 39.0 Å². The fourth-order valence-electron chi connectivity index (χ4n) is 13.0. The third-order valence-corrected chi connectivity index (χ3v) is 14.5. The molecule has 1 aromatic heterocycles. The number of aryl methyl sites for hydroxylation is 1. The minimum atomic E-state index is -0.108. The Morgan fingerprint density at radius 3 is 0.844 bits per heavy atom. The Balaban J connectivity index is 0.000000307. The zero-order valence-electron chi connectivity index (χ0n) is 46.0. The standard InChI is InChI=1S/C26H49N7O2.C12H26N2O.C11H23NO2/c1-18-27-21(30(10)19-14-23(2,3)32(34-12)24(4,5)15-19)29-22(28-18)31(11)20-16-25(6,7)33(35-13)26(8,9)17-20;1-11(2)8-10(13(5)6)9-12(3,4)14(11)15-7;1-10(2)7-9(13-5)8-11(3,4)12(10)14-6/h19-20H,14-17H2,1-13H3;10H,8-9H2,1-7H3;9H,7-8H2,1-6H3. The second-order valence-electron chi connectivity index (χ2n) is 24.5. The minimum Gasteiger partial charge on any atom is -0.381 e. The molecule has 15 heteroatoms. The molecule has 0 radical (unpaired) electrons. The van der Waals surface area contributed by atoms with Gasteiger partial charge in [0, 0.05) is 83.6 Å². The zero-order chi connectivity index (χ0) is 49.4. The molecule has 5 rings (SSSR count). The second kappa shape index (κ2) is 20.4. The molecular weight excluding hydrogens is 809 g/mol. The first-order valence-electron chi connectivity index (χ1n) is 23.7. The zero-order valence-corrected chi connectivity index (χ0v) is 46.0. The van der Waals surface area contributed by atoms with Gasteiger partial charge in [-0.05, 0) is 183 Å². The second-order valence-corrected chi connectivity index (χ2v) is 24.5. The van der Waals surface area contributed by atoms with Crippen LogP contribution in [-0.2, 0) is 24.1 Å². The Kier molecular flexibility index (Phi) is 18.0. The molecule has 0 unspecified atom stereocenters. The Labute approximate surface area is 392 Å². The predicted octanol–water partition coefficient (Wildman–Crippen LogP) is 8.57. The van der Waals surface area contributed by atoms with Gasteiger partial charge in [0.25, 0.3) is 0 Å². The third kappa shape index (κ3) is 12.8. The van der Waals surface area contributed by atoms with Crippen LogP contribution >= 0.6 is 0 Å². The highest BCUT2D eigenvalue weighted by Crippen LogP contribution is 2.44. The average Bonchev–Trinajstić information content (AvgIpc) is 3.11. The van der Waals surface area contributed by atoms with Crippen molar-refractivity contribution < 1.29 is 24.1 Å². The molecule has 0 bridgehead atoms. The van der Waals surface area contributed by atoms with E-state index < -0.39 is 0 Å². The summed E-state index contributed by atoms with van der Waals surface area (Å²) in [6.07, 6.45) is 8.48. The van der Waals surface area contributed by atoms with Crippen LogP contribution in [0, 0.1) is 6.92 Å². The van der Waals surface area contributed by atoms with Crippen LogP contribution in [0.2, 0.25) is 0 Å². The number of hydrogen-bond donors (Lipinski definition) is 0. The highest BCUT2D eigenvalue weighted by Gasteiger charge is 2.50. The maximum atomic E-state index is 5.80. The molecule has 15 nitrogen and oxygen atoms in total. The molecule has 4 aliphatic heterocycles. The smallest absolute Gasteiger partial charge is 0.230 e. The van der Waals surface area contributed by atoms with Crippen LogP contribution in [0.3, 0.4) is 0 Å². The summed E-state index contributed by atoms with van der Waals surface area (Å²) in [6, 6.07) is 1.21. The number of hydrogen-bond acceptors (Lipinski definition) is 15. The van der Waals surface area contributed by atoms with Crippen molar-refractivity contribution in [3.05, 3.63) is 5.82 Å². The Hall–Kier alpha value is -1.79. The number of nitrogens with zero attached hydrogens (tertiary/aromatic N) is 10. The highest BCUT2D eigenvalue weighted by molar-refractivity contribution is 5.40. The van der Waals surface area contributed by atoms with Gasteiger partial charge in [-0.2, -0.15) is 35.2 Å². The molecule has 5 heterocycles. The first kappa shape index (κ1) is 56.5. The van der Waals surface area contributed by atoms with Gasteiger partial charge in [-0.15, -0.1) is 0 Å². The topological polar surface area (TPSA) is 108 Å². The van der Waals surface area contributed by atoms with E-state index in [0.29, 0.717) is 12.1 Å². The van der Waals surface area contributed by atoms with Crippen LogP contribution < -0.4 is 9.80 Å². The van der Waals surface area contributed by atoms with E-state index in [1.54, 1.807) is 35.5 Å². The number of hydroxylamine groups is 8. The van der Waals surface area contributed by atoms with Gasteiger partial charge >= 0.3 is 0 Å². The van der Waals surface area contributed by atoms with Crippen molar-refractivity contribution in [3.8, 4) is 0 Å². The van der Waals surface area contributed by atoms with Gasteiger partial charge in [-0.25, -0.2) is 0 Å². The molecule has 0 spiro atoms. The predicted molar refractivity (Wildman–Crippen MR) is 262 cm³/mol. The SMILES string of the molecule is COC1CC(C)(C)N(OC)C(C)(C)C1.CON1C(C)(C)CC(N(C)C)CC1(C)C.CON1C(C)(C)CC(N(C)c2nc(C)nc(N(C)C3CC(C)(C)N(OC)C(C)(C)C3)n2)CC1(C)C. The molecule has 4 aliphatic rings. The minimum absolute atomic E-state index is 0.0389. The Morgan fingerprint density at radius 2 is 0.625 bits per heavy atom. The molecule has 1 aromatic rings. The van der Waals surface area contributed by atoms with Crippen LogP contribution in [0.1, 0.15) is 168 Å². The van der Waals surface area contributed by atoms with E-state index in [1.807, 2.05) is 6.92 Å². The van der Waals surface area contributed by atoms with Gasteiger partial charge in [-0.3, -0.25) is 0 Å². The van der Waals surface area contributed by atoms with Gasteiger partial charge in [0.15, 0.2) is 0 Å². The van der Waals surface area contributed by atoms with E-state index in [1.165, 1.54) is 0 Å². The first-order valence-corrected chi connectivity index (χ1v) is 23.7. The monoisotopic (exact) mass is 907 g/mol. The van der Waals surface area contributed by atoms with Crippen molar-refractivity contribution >= 4 is 11.9 Å². The normalized spacial score (nSPS) is 26.1. The number of aromatic nitrogens is 3. The molecule has 64 heavy (non-hydrogen) atoms. The lowest BCUT2D eigenvalue weighted by molar-refractivity contribution is -0.278. The van der Waals surface area contributed by atoms with Crippen molar-refractivity contribution in [3.63, 3.8) is 0 Å². The van der Waals surface area contributed by atoms with Crippen molar-refractivity contribution in [1.82, 2.24) is 40.1 Å². The van der Waals surface area contributed by atoms with E-state index in [2.05, 4.69) is 174 Å². The summed E-state index contributed by atoms with van der Waals surface area (Å²) in [4.78, 5) is 44.0. The molecule has 0 atom stereocenters. The lowest BCUT2D eigenvalue weighted by Crippen LogP contribution is -2.63. The molecule has 4 fully saturated rings. The highest BCUT2D eigenvalue weighted by atomic mass is 16.7. The molecule has 374 valence electrons. The van der Waals surface area contributed by atoms with E-state index in [-0.39, 0.29) is 56.4 Å². The lowest BCUT2D eigenvalue weighted by Gasteiger charge is -2.55. The molecule has 4 saturated heterocycles. The molecular formula is C49H98N10O5. The number of piperidine rings is 4. The Morgan fingerprint density at radius 1 is 0.391 bits per heavy atom. The van der Waals surface area contributed by atoms with E-state index in [9.17, 15) is 0 Å². The summed E-state index contributed by atoms with van der Waals surface area (Å²) in [7, 11) is 17.4. The van der Waals surface area contributed by atoms with Crippen LogP contribution in [-0.4, -0.2) is 172 Å². The summed E-state index contributed by atoms with van der Waals surface area (Å²) in [5, 5.41) is 8.52.